The van der Waals surface area contributed by atoms with Crippen molar-refractivity contribution in [3.05, 3.63) is 63.4 Å². The fourth-order valence-corrected chi connectivity index (χ4v) is 2.69. The number of hydrazine groups is 1. The summed E-state index contributed by atoms with van der Waals surface area (Å²) >= 11 is 3.49. The predicted molar refractivity (Wildman–Crippen MR) is 81.6 cm³/mol. The molecule has 0 amide bonds. The largest absolute Gasteiger partial charge is 0.271 e. The topological polar surface area (TPSA) is 50.9 Å². The molecule has 0 aliphatic carbocycles. The molecule has 0 aliphatic rings. The molecular formula is C15H18BrN3. The Hall–Kier alpha value is -1.23. The van der Waals surface area contributed by atoms with Gasteiger partial charge in [0, 0.05) is 15.9 Å². The number of nitrogens with zero attached hydrogens (tertiary/aromatic N) is 1. The summed E-state index contributed by atoms with van der Waals surface area (Å²) in [5.74, 6) is 5.71. The minimum atomic E-state index is 0.0923. The molecule has 0 aliphatic heterocycles. The Balaban J connectivity index is 2.24. The summed E-state index contributed by atoms with van der Waals surface area (Å²) in [6.45, 7) is 4.01. The Morgan fingerprint density at radius 2 is 1.89 bits per heavy atom. The lowest BCUT2D eigenvalue weighted by molar-refractivity contribution is 0.550. The minimum Gasteiger partial charge on any atom is -0.271 e. The number of hydrogen-bond acceptors (Lipinski definition) is 3. The third-order valence-electron chi connectivity index (χ3n) is 3.04. The van der Waals surface area contributed by atoms with Crippen molar-refractivity contribution in [2.75, 3.05) is 0 Å². The molecule has 1 unspecified atom stereocenters. The van der Waals surface area contributed by atoms with E-state index in [1.54, 1.807) is 0 Å². The van der Waals surface area contributed by atoms with E-state index in [0.29, 0.717) is 0 Å². The van der Waals surface area contributed by atoms with Gasteiger partial charge < -0.3 is 0 Å². The average Bonchev–Trinajstić information content (AvgIpc) is 2.34. The molecule has 19 heavy (non-hydrogen) atoms. The van der Waals surface area contributed by atoms with Crippen molar-refractivity contribution < 1.29 is 0 Å². The van der Waals surface area contributed by atoms with Crippen molar-refractivity contribution in [2.45, 2.75) is 26.3 Å². The number of hydrogen-bond donors (Lipinski definition) is 2. The van der Waals surface area contributed by atoms with Crippen molar-refractivity contribution in [1.82, 2.24) is 10.4 Å². The van der Waals surface area contributed by atoms with Crippen molar-refractivity contribution in [2.24, 2.45) is 5.84 Å². The normalized spacial score (nSPS) is 12.4. The van der Waals surface area contributed by atoms with E-state index in [-0.39, 0.29) is 6.04 Å². The minimum absolute atomic E-state index is 0.0923. The van der Waals surface area contributed by atoms with Crippen LogP contribution in [0.2, 0.25) is 0 Å². The van der Waals surface area contributed by atoms with Crippen LogP contribution in [0.3, 0.4) is 0 Å². The summed E-state index contributed by atoms with van der Waals surface area (Å²) in [7, 11) is 0. The van der Waals surface area contributed by atoms with Gasteiger partial charge in [-0.2, -0.15) is 0 Å². The average molecular weight is 320 g/mol. The Morgan fingerprint density at radius 1 is 1.21 bits per heavy atom. The fraction of sp³-hybridized carbons (Fsp3) is 0.267. The zero-order chi connectivity index (χ0) is 13.8. The second-order valence-electron chi connectivity index (χ2n) is 4.74. The highest BCUT2D eigenvalue weighted by Crippen LogP contribution is 2.21. The summed E-state index contributed by atoms with van der Waals surface area (Å²) in [4.78, 5) is 4.40. The zero-order valence-electron chi connectivity index (χ0n) is 11.2. The molecule has 2 rings (SSSR count). The van der Waals surface area contributed by atoms with Crippen LogP contribution in [0.1, 0.15) is 28.6 Å². The van der Waals surface area contributed by atoms with Crippen LogP contribution in [-0.2, 0) is 6.42 Å². The Bertz CT molecular complexity index is 549. The van der Waals surface area contributed by atoms with Gasteiger partial charge in [-0.05, 0) is 55.7 Å². The van der Waals surface area contributed by atoms with Crippen LogP contribution < -0.4 is 11.3 Å². The van der Waals surface area contributed by atoms with E-state index in [1.165, 1.54) is 11.1 Å². The molecule has 0 radical (unpaired) electrons. The second kappa shape index (κ2) is 6.28. The monoisotopic (exact) mass is 319 g/mol. The molecule has 0 saturated heterocycles. The van der Waals surface area contributed by atoms with Crippen molar-refractivity contribution in [1.29, 1.82) is 0 Å². The maximum Gasteiger partial charge on any atom is 0.0501 e. The standard InChI is InChI=1S/C15H18BrN3/c1-10-6-13(7-11(2)18-10)15(19-17)9-12-4-3-5-14(16)8-12/h3-8,15,19H,9,17H2,1-2H3. The third-order valence-corrected chi connectivity index (χ3v) is 3.53. The number of halogens is 1. The van der Waals surface area contributed by atoms with Crippen LogP contribution in [0.5, 0.6) is 0 Å². The van der Waals surface area contributed by atoms with Crippen LogP contribution in [0.4, 0.5) is 0 Å². The van der Waals surface area contributed by atoms with Gasteiger partial charge in [0.2, 0.25) is 0 Å². The molecule has 0 fully saturated rings. The highest BCUT2D eigenvalue weighted by molar-refractivity contribution is 9.10. The number of aryl methyl sites for hydroxylation is 2. The first-order valence-corrected chi connectivity index (χ1v) is 7.03. The van der Waals surface area contributed by atoms with Gasteiger partial charge in [-0.1, -0.05) is 28.1 Å². The van der Waals surface area contributed by atoms with E-state index >= 15 is 0 Å². The molecule has 0 saturated carbocycles. The van der Waals surface area contributed by atoms with Gasteiger partial charge in [-0.15, -0.1) is 0 Å². The molecule has 1 heterocycles. The van der Waals surface area contributed by atoms with Crippen LogP contribution in [-0.4, -0.2) is 4.98 Å². The van der Waals surface area contributed by atoms with Gasteiger partial charge in [0.05, 0.1) is 6.04 Å². The zero-order valence-corrected chi connectivity index (χ0v) is 12.7. The Kier molecular flexibility index (Phi) is 4.69. The van der Waals surface area contributed by atoms with Crippen LogP contribution in [0, 0.1) is 13.8 Å². The molecule has 1 aromatic carbocycles. The molecule has 4 heteroatoms. The summed E-state index contributed by atoms with van der Waals surface area (Å²) in [5, 5.41) is 0. The van der Waals surface area contributed by atoms with Crippen molar-refractivity contribution in [3.8, 4) is 0 Å². The summed E-state index contributed by atoms with van der Waals surface area (Å²) in [6.07, 6.45) is 0.846. The van der Waals surface area contributed by atoms with Gasteiger partial charge in [-0.25, -0.2) is 0 Å². The number of aromatic nitrogens is 1. The quantitative estimate of drug-likeness (QED) is 0.672. The highest BCUT2D eigenvalue weighted by Gasteiger charge is 2.12. The van der Waals surface area contributed by atoms with E-state index < -0.39 is 0 Å². The first-order chi connectivity index (χ1) is 9.08. The van der Waals surface area contributed by atoms with E-state index in [1.807, 2.05) is 26.0 Å². The Morgan fingerprint density at radius 3 is 2.47 bits per heavy atom. The van der Waals surface area contributed by atoms with Gasteiger partial charge in [0.1, 0.15) is 0 Å². The van der Waals surface area contributed by atoms with E-state index in [2.05, 4.69) is 50.6 Å². The molecule has 3 N–H and O–H groups in total. The molecule has 3 nitrogen and oxygen atoms in total. The van der Waals surface area contributed by atoms with E-state index in [4.69, 9.17) is 5.84 Å². The van der Waals surface area contributed by atoms with Gasteiger partial charge in [0.25, 0.3) is 0 Å². The van der Waals surface area contributed by atoms with Crippen LogP contribution >= 0.6 is 15.9 Å². The van der Waals surface area contributed by atoms with E-state index in [9.17, 15) is 0 Å². The number of pyridine rings is 1. The van der Waals surface area contributed by atoms with E-state index in [0.717, 1.165) is 22.3 Å². The second-order valence-corrected chi connectivity index (χ2v) is 5.65. The molecule has 100 valence electrons. The van der Waals surface area contributed by atoms with Crippen molar-refractivity contribution >= 4 is 15.9 Å². The van der Waals surface area contributed by atoms with Crippen LogP contribution in [0.15, 0.2) is 40.9 Å². The summed E-state index contributed by atoms with van der Waals surface area (Å²) in [5.41, 5.74) is 7.35. The molecule has 1 atom stereocenters. The lowest BCUT2D eigenvalue weighted by Gasteiger charge is -2.17. The molecule has 2 aromatic rings. The number of nitrogens with two attached hydrogens (primary N) is 1. The summed E-state index contributed by atoms with van der Waals surface area (Å²) < 4.78 is 1.09. The lowest BCUT2D eigenvalue weighted by atomic mass is 9.99. The van der Waals surface area contributed by atoms with Gasteiger partial charge in [-0.3, -0.25) is 16.3 Å². The maximum absolute atomic E-state index is 5.71. The van der Waals surface area contributed by atoms with Crippen LogP contribution in [0.25, 0.3) is 0 Å². The van der Waals surface area contributed by atoms with Crippen molar-refractivity contribution in [3.63, 3.8) is 0 Å². The molecule has 0 bridgehead atoms. The van der Waals surface area contributed by atoms with Gasteiger partial charge in [0.15, 0.2) is 0 Å². The Labute approximate surface area is 122 Å². The number of rotatable bonds is 4. The first-order valence-electron chi connectivity index (χ1n) is 6.24. The SMILES string of the molecule is Cc1cc(C(Cc2cccc(Br)c2)NN)cc(C)n1. The third kappa shape index (κ3) is 3.86. The first kappa shape index (κ1) is 14.2. The summed E-state index contributed by atoms with van der Waals surface area (Å²) in [6, 6.07) is 12.5. The molecule has 1 aromatic heterocycles. The number of benzene rings is 1. The molecule has 0 spiro atoms. The smallest absolute Gasteiger partial charge is 0.0501 e. The van der Waals surface area contributed by atoms with Gasteiger partial charge >= 0.3 is 0 Å². The fourth-order valence-electron chi connectivity index (χ4n) is 2.24. The molecular weight excluding hydrogens is 302 g/mol. The number of nitrogens with one attached hydrogen (secondary N) is 1. The predicted octanol–water partition coefficient (Wildman–Crippen LogP) is 3.21. The maximum atomic E-state index is 5.71. The lowest BCUT2D eigenvalue weighted by Crippen LogP contribution is -2.29. The highest BCUT2D eigenvalue weighted by atomic mass is 79.9.